The van der Waals surface area contributed by atoms with Crippen LogP contribution in [0.5, 0.6) is 0 Å². The summed E-state index contributed by atoms with van der Waals surface area (Å²) in [4.78, 5) is 26.1. The lowest BCUT2D eigenvalue weighted by Gasteiger charge is -2.15. The highest BCUT2D eigenvalue weighted by Crippen LogP contribution is 2.26. The zero-order valence-corrected chi connectivity index (χ0v) is 14.1. The van der Waals surface area contributed by atoms with Crippen LogP contribution in [0.3, 0.4) is 0 Å². The second kappa shape index (κ2) is 7.65. The van der Waals surface area contributed by atoms with Crippen LogP contribution in [-0.2, 0) is 4.79 Å². The molecule has 4 nitrogen and oxygen atoms in total. The molecular weight excluding hydrogens is 346 g/mol. The maximum Gasteiger partial charge on any atom is 0.288 e. The van der Waals surface area contributed by atoms with E-state index in [4.69, 9.17) is 0 Å². The molecule has 2 amide bonds. The minimum atomic E-state index is -2.47. The van der Waals surface area contributed by atoms with Crippen LogP contribution < -0.4 is 10.2 Å². The van der Waals surface area contributed by atoms with Crippen LogP contribution in [0, 0.1) is 0 Å². The monoisotopic (exact) mass is 362 g/mol. The number of rotatable bonds is 5. The number of nitrogens with zero attached hydrogens (tertiary/aromatic N) is 1. The highest BCUT2D eigenvalue weighted by molar-refractivity contribution is 7.99. The van der Waals surface area contributed by atoms with Crippen molar-refractivity contribution in [2.75, 3.05) is 16.8 Å². The van der Waals surface area contributed by atoms with Gasteiger partial charge in [-0.05, 0) is 55.0 Å². The summed E-state index contributed by atoms with van der Waals surface area (Å²) in [5.41, 5.74) is 1.77. The number of nitrogens with one attached hydrogen (secondary N) is 1. The van der Waals surface area contributed by atoms with Crippen LogP contribution >= 0.6 is 11.8 Å². The smallest absolute Gasteiger partial charge is 0.288 e. The Balaban J connectivity index is 1.64. The van der Waals surface area contributed by atoms with Crippen molar-refractivity contribution in [1.82, 2.24) is 0 Å². The van der Waals surface area contributed by atoms with E-state index in [0.29, 0.717) is 40.9 Å². The van der Waals surface area contributed by atoms with Gasteiger partial charge in [0.2, 0.25) is 5.91 Å². The van der Waals surface area contributed by atoms with Crippen molar-refractivity contribution in [3.05, 3.63) is 54.1 Å². The molecule has 2 aromatic carbocycles. The lowest BCUT2D eigenvalue weighted by atomic mass is 10.1. The Morgan fingerprint density at radius 2 is 1.76 bits per heavy atom. The van der Waals surface area contributed by atoms with Gasteiger partial charge < -0.3 is 10.2 Å². The molecule has 1 heterocycles. The van der Waals surface area contributed by atoms with Crippen LogP contribution in [0.2, 0.25) is 0 Å². The summed E-state index contributed by atoms with van der Waals surface area (Å²) < 4.78 is 24.6. The van der Waals surface area contributed by atoms with Crippen LogP contribution in [0.4, 0.5) is 20.2 Å². The van der Waals surface area contributed by atoms with Gasteiger partial charge >= 0.3 is 0 Å². The van der Waals surface area contributed by atoms with Crippen LogP contribution in [-0.4, -0.2) is 24.1 Å². The number of amides is 2. The van der Waals surface area contributed by atoms with Crippen molar-refractivity contribution in [3.8, 4) is 0 Å². The molecule has 0 radical (unpaired) electrons. The van der Waals surface area contributed by atoms with Crippen molar-refractivity contribution < 1.29 is 18.4 Å². The number of carbonyl (C=O) groups excluding carboxylic acids is 2. The molecule has 1 N–H and O–H groups in total. The molecule has 3 rings (SSSR count). The second-order valence-electron chi connectivity index (χ2n) is 5.55. The van der Waals surface area contributed by atoms with E-state index in [9.17, 15) is 18.4 Å². The molecule has 1 aliphatic rings. The molecule has 130 valence electrons. The predicted molar refractivity (Wildman–Crippen MR) is 94.3 cm³/mol. The van der Waals surface area contributed by atoms with E-state index in [-0.39, 0.29) is 11.8 Å². The van der Waals surface area contributed by atoms with Gasteiger partial charge in [0.15, 0.2) is 0 Å². The van der Waals surface area contributed by atoms with E-state index < -0.39 is 5.76 Å². The number of benzene rings is 2. The molecule has 0 unspecified atom stereocenters. The number of halogens is 2. The third-order valence-electron chi connectivity index (χ3n) is 3.85. The quantitative estimate of drug-likeness (QED) is 0.803. The summed E-state index contributed by atoms with van der Waals surface area (Å²) in [5.74, 6) is -2.67. The van der Waals surface area contributed by atoms with E-state index in [1.807, 2.05) is 0 Å². The van der Waals surface area contributed by atoms with Gasteiger partial charge in [-0.15, -0.1) is 0 Å². The number of hydrogen-bond acceptors (Lipinski definition) is 3. The lowest BCUT2D eigenvalue weighted by molar-refractivity contribution is -0.117. The van der Waals surface area contributed by atoms with Gasteiger partial charge in [0.25, 0.3) is 11.7 Å². The molecule has 0 saturated carbocycles. The zero-order valence-electron chi connectivity index (χ0n) is 13.2. The number of carbonyl (C=O) groups is 2. The number of anilines is 2. The summed E-state index contributed by atoms with van der Waals surface area (Å²) in [6, 6.07) is 13.1. The number of hydrogen-bond donors (Lipinski definition) is 1. The SMILES string of the molecule is O=C(Nc1ccc(SC(F)F)cc1)c1ccc(N2CCCC2=O)cc1. The molecule has 1 fully saturated rings. The van der Waals surface area contributed by atoms with Crippen LogP contribution in [0.25, 0.3) is 0 Å². The van der Waals surface area contributed by atoms with Gasteiger partial charge in [0.05, 0.1) is 0 Å². The minimum Gasteiger partial charge on any atom is -0.322 e. The average Bonchev–Trinajstić information content (AvgIpc) is 3.02. The number of thioether (sulfide) groups is 1. The Labute approximate surface area is 148 Å². The van der Waals surface area contributed by atoms with Crippen molar-refractivity contribution in [1.29, 1.82) is 0 Å². The van der Waals surface area contributed by atoms with E-state index in [2.05, 4.69) is 5.32 Å². The summed E-state index contributed by atoms with van der Waals surface area (Å²) in [7, 11) is 0. The number of alkyl halides is 2. The van der Waals surface area contributed by atoms with Gasteiger partial charge in [-0.1, -0.05) is 11.8 Å². The molecule has 2 aromatic rings. The van der Waals surface area contributed by atoms with Gasteiger partial charge in [0.1, 0.15) is 0 Å². The van der Waals surface area contributed by atoms with Crippen LogP contribution in [0.1, 0.15) is 23.2 Å². The molecule has 0 aliphatic carbocycles. The van der Waals surface area contributed by atoms with E-state index in [1.165, 1.54) is 12.1 Å². The summed E-state index contributed by atoms with van der Waals surface area (Å²) in [6.45, 7) is 0.702. The Hall–Kier alpha value is -2.41. The first-order chi connectivity index (χ1) is 12.0. The molecule has 1 saturated heterocycles. The molecule has 1 aliphatic heterocycles. The molecule has 0 aromatic heterocycles. The fourth-order valence-corrected chi connectivity index (χ4v) is 3.14. The fourth-order valence-electron chi connectivity index (χ4n) is 2.64. The first-order valence-electron chi connectivity index (χ1n) is 7.79. The first kappa shape index (κ1) is 17.4. The van der Waals surface area contributed by atoms with Crippen LogP contribution in [0.15, 0.2) is 53.4 Å². The Morgan fingerprint density at radius 3 is 2.32 bits per heavy atom. The van der Waals surface area contributed by atoms with Crippen molar-refractivity contribution in [3.63, 3.8) is 0 Å². The summed E-state index contributed by atoms with van der Waals surface area (Å²) >= 11 is 0.458. The van der Waals surface area contributed by atoms with Gasteiger partial charge in [-0.25, -0.2) is 0 Å². The largest absolute Gasteiger partial charge is 0.322 e. The fraction of sp³-hybridized carbons (Fsp3) is 0.222. The summed E-state index contributed by atoms with van der Waals surface area (Å²) in [6.07, 6.45) is 1.41. The third kappa shape index (κ3) is 4.36. The van der Waals surface area contributed by atoms with E-state index in [1.54, 1.807) is 41.3 Å². The molecule has 0 bridgehead atoms. The Bertz CT molecular complexity index is 764. The van der Waals surface area contributed by atoms with E-state index >= 15 is 0 Å². The average molecular weight is 362 g/mol. The van der Waals surface area contributed by atoms with Gasteiger partial charge in [-0.3, -0.25) is 9.59 Å². The Kier molecular flexibility index (Phi) is 5.33. The van der Waals surface area contributed by atoms with Crippen molar-refractivity contribution in [2.45, 2.75) is 23.5 Å². The predicted octanol–water partition coefficient (Wildman–Crippen LogP) is 4.38. The Morgan fingerprint density at radius 1 is 1.08 bits per heavy atom. The third-order valence-corrected chi connectivity index (χ3v) is 4.57. The highest BCUT2D eigenvalue weighted by atomic mass is 32.2. The first-order valence-corrected chi connectivity index (χ1v) is 8.67. The molecule has 7 heteroatoms. The highest BCUT2D eigenvalue weighted by Gasteiger charge is 2.21. The lowest BCUT2D eigenvalue weighted by Crippen LogP contribution is -2.23. The van der Waals surface area contributed by atoms with Crippen molar-refractivity contribution in [2.24, 2.45) is 0 Å². The van der Waals surface area contributed by atoms with Gasteiger partial charge in [0, 0.05) is 34.8 Å². The molecule has 25 heavy (non-hydrogen) atoms. The summed E-state index contributed by atoms with van der Waals surface area (Å²) in [5, 5.41) is 2.72. The maximum absolute atomic E-state index is 12.3. The standard InChI is InChI=1S/C18H16F2N2O2S/c19-18(20)25-15-9-5-13(6-10-15)21-17(24)12-3-7-14(8-4-12)22-11-1-2-16(22)23/h3-10,18H,1-2,11H2,(H,21,24). The molecular formula is C18H16F2N2O2S. The molecule has 0 atom stereocenters. The zero-order chi connectivity index (χ0) is 17.8. The minimum absolute atomic E-state index is 0.0963. The van der Waals surface area contributed by atoms with Crippen molar-refractivity contribution >= 4 is 35.0 Å². The second-order valence-corrected chi connectivity index (χ2v) is 6.62. The van der Waals surface area contributed by atoms with E-state index in [0.717, 1.165) is 12.1 Å². The molecule has 0 spiro atoms. The maximum atomic E-state index is 12.3. The van der Waals surface area contributed by atoms with Gasteiger partial charge in [-0.2, -0.15) is 8.78 Å². The normalized spacial score (nSPS) is 14.2. The topological polar surface area (TPSA) is 49.4 Å².